The van der Waals surface area contributed by atoms with Crippen LogP contribution in [0.5, 0.6) is 0 Å². The Morgan fingerprint density at radius 1 is 0.778 bits per heavy atom. The normalized spacial score (nSPS) is 10.9. The Hall–Kier alpha value is -2.13. The van der Waals surface area contributed by atoms with Gasteiger partial charge in [0.25, 0.3) is 0 Å². The minimum absolute atomic E-state index is 0.202. The zero-order valence-corrected chi connectivity index (χ0v) is 16.5. The highest BCUT2D eigenvalue weighted by Crippen LogP contribution is 2.13. The van der Waals surface area contributed by atoms with Gasteiger partial charge < -0.3 is 11.1 Å². The highest BCUT2D eigenvalue weighted by Gasteiger charge is 2.12. The number of benzene rings is 2. The molecule has 0 atom stereocenters. The van der Waals surface area contributed by atoms with E-state index in [0.717, 1.165) is 57.9 Å². The van der Waals surface area contributed by atoms with Gasteiger partial charge in [0.05, 0.1) is 6.54 Å². The van der Waals surface area contributed by atoms with Crippen LogP contribution in [-0.4, -0.2) is 18.5 Å². The van der Waals surface area contributed by atoms with Crippen molar-refractivity contribution in [3.63, 3.8) is 0 Å². The fourth-order valence-electron chi connectivity index (χ4n) is 3.45. The minimum atomic E-state index is 0.202. The van der Waals surface area contributed by atoms with Gasteiger partial charge in [-0.05, 0) is 62.5 Å². The van der Waals surface area contributed by atoms with E-state index in [0.29, 0.717) is 6.42 Å². The number of nitrogens with one attached hydrogen (secondary N) is 1. The quantitative estimate of drug-likeness (QED) is 0.518. The van der Waals surface area contributed by atoms with Crippen molar-refractivity contribution < 1.29 is 10.5 Å². The predicted molar refractivity (Wildman–Crippen MR) is 112 cm³/mol. The van der Waals surface area contributed by atoms with Crippen molar-refractivity contribution in [3.05, 3.63) is 71.8 Å². The van der Waals surface area contributed by atoms with Crippen LogP contribution in [0.15, 0.2) is 60.7 Å². The number of rotatable bonds is 13. The van der Waals surface area contributed by atoms with E-state index in [4.69, 9.17) is 0 Å². The third kappa shape index (κ3) is 9.39. The van der Waals surface area contributed by atoms with Gasteiger partial charge >= 0.3 is 0 Å². The summed E-state index contributed by atoms with van der Waals surface area (Å²) in [5, 5.41) is 3.29. The summed E-state index contributed by atoms with van der Waals surface area (Å²) in [6, 6.07) is 21.5. The Morgan fingerprint density at radius 2 is 1.30 bits per heavy atom. The number of amides is 1. The summed E-state index contributed by atoms with van der Waals surface area (Å²) in [5.41, 5.74) is 6.60. The number of carbonyl (C=O) groups excluding carboxylic acids is 1. The number of carbonyl (C=O) groups is 1. The van der Waals surface area contributed by atoms with E-state index in [1.54, 1.807) is 0 Å². The summed E-state index contributed by atoms with van der Waals surface area (Å²) < 4.78 is 0. The molecule has 0 aliphatic rings. The fraction of sp³-hybridized carbons (Fsp3) is 0.458. The van der Waals surface area contributed by atoms with E-state index in [1.165, 1.54) is 11.1 Å². The molecule has 0 aromatic heterocycles. The highest BCUT2D eigenvalue weighted by atomic mass is 16.1. The first kappa shape index (κ1) is 21.2. The van der Waals surface area contributed by atoms with Crippen LogP contribution in [0.3, 0.4) is 0 Å². The van der Waals surface area contributed by atoms with Crippen molar-refractivity contribution in [1.82, 2.24) is 5.32 Å². The van der Waals surface area contributed by atoms with Gasteiger partial charge in [-0.15, -0.1) is 0 Å². The van der Waals surface area contributed by atoms with E-state index in [2.05, 4.69) is 71.7 Å². The summed E-state index contributed by atoms with van der Waals surface area (Å²) in [7, 11) is 0. The van der Waals surface area contributed by atoms with Crippen LogP contribution in [0.2, 0.25) is 0 Å². The maximum atomic E-state index is 12.3. The standard InChI is InChI=1S/C24H34N2O/c25-20-8-7-19-24(27)26-23(17-9-15-21-11-3-1-4-12-21)18-10-16-22-13-5-2-6-14-22/h1-6,11-14,23H,7-10,15-20,25H2,(H,26,27)/p+1. The zero-order chi connectivity index (χ0) is 19.2. The molecule has 0 aliphatic carbocycles. The molecule has 4 N–H and O–H groups in total. The molecule has 0 unspecified atom stereocenters. The van der Waals surface area contributed by atoms with Gasteiger partial charge in [0.2, 0.25) is 5.91 Å². The second-order valence-electron chi connectivity index (χ2n) is 7.33. The molecule has 0 radical (unpaired) electrons. The molecule has 27 heavy (non-hydrogen) atoms. The van der Waals surface area contributed by atoms with E-state index >= 15 is 0 Å². The van der Waals surface area contributed by atoms with Crippen molar-refractivity contribution in [3.8, 4) is 0 Å². The Balaban J connectivity index is 1.78. The minimum Gasteiger partial charge on any atom is -0.358 e. The van der Waals surface area contributed by atoms with E-state index in [9.17, 15) is 4.79 Å². The van der Waals surface area contributed by atoms with Gasteiger partial charge in [0, 0.05) is 12.5 Å². The number of aryl methyl sites for hydroxylation is 2. The van der Waals surface area contributed by atoms with Crippen molar-refractivity contribution in [2.75, 3.05) is 6.54 Å². The maximum absolute atomic E-state index is 12.3. The zero-order valence-electron chi connectivity index (χ0n) is 16.5. The van der Waals surface area contributed by atoms with Crippen LogP contribution in [0.1, 0.15) is 56.1 Å². The molecule has 0 saturated heterocycles. The van der Waals surface area contributed by atoms with Crippen LogP contribution in [0.4, 0.5) is 0 Å². The molecular formula is C24H35N2O+. The van der Waals surface area contributed by atoms with E-state index in [1.807, 2.05) is 0 Å². The van der Waals surface area contributed by atoms with Gasteiger partial charge in [0.1, 0.15) is 0 Å². The molecule has 2 aromatic rings. The molecule has 146 valence electrons. The molecule has 0 bridgehead atoms. The molecule has 2 rings (SSSR count). The van der Waals surface area contributed by atoms with Gasteiger partial charge in [-0.1, -0.05) is 60.7 Å². The van der Waals surface area contributed by atoms with E-state index < -0.39 is 0 Å². The largest absolute Gasteiger partial charge is 0.358 e. The monoisotopic (exact) mass is 367 g/mol. The highest BCUT2D eigenvalue weighted by molar-refractivity contribution is 5.76. The number of hydrogen-bond acceptors (Lipinski definition) is 1. The second kappa shape index (κ2) is 13.1. The molecule has 3 nitrogen and oxygen atoms in total. The summed E-state index contributed by atoms with van der Waals surface area (Å²) in [6.45, 7) is 0.908. The van der Waals surface area contributed by atoms with Crippen molar-refractivity contribution in [2.45, 2.75) is 63.8 Å². The summed E-state index contributed by atoms with van der Waals surface area (Å²) in [6.07, 6.45) is 9.06. The number of hydrogen-bond donors (Lipinski definition) is 2. The van der Waals surface area contributed by atoms with Gasteiger partial charge in [-0.2, -0.15) is 0 Å². The molecular weight excluding hydrogens is 332 g/mol. The van der Waals surface area contributed by atoms with Crippen molar-refractivity contribution in [2.24, 2.45) is 0 Å². The number of unbranched alkanes of at least 4 members (excludes halogenated alkanes) is 1. The smallest absolute Gasteiger partial charge is 0.220 e. The molecule has 2 aromatic carbocycles. The topological polar surface area (TPSA) is 56.7 Å². The predicted octanol–water partition coefficient (Wildman–Crippen LogP) is 3.93. The van der Waals surface area contributed by atoms with Crippen LogP contribution in [-0.2, 0) is 17.6 Å². The molecule has 1 amide bonds. The summed E-state index contributed by atoms with van der Waals surface area (Å²) in [5.74, 6) is 0.202. The SMILES string of the molecule is [NH3+]CCCCC(=O)NC(CCCc1ccccc1)CCCc1ccccc1. The molecule has 0 aliphatic heterocycles. The molecule has 0 heterocycles. The average Bonchev–Trinajstić information content (AvgIpc) is 2.70. The fourth-order valence-corrected chi connectivity index (χ4v) is 3.45. The molecule has 0 saturated carbocycles. The van der Waals surface area contributed by atoms with Gasteiger partial charge in [-0.25, -0.2) is 0 Å². The lowest BCUT2D eigenvalue weighted by Crippen LogP contribution is -2.50. The second-order valence-corrected chi connectivity index (χ2v) is 7.33. The number of quaternary nitrogens is 1. The third-order valence-electron chi connectivity index (χ3n) is 4.99. The molecule has 3 heteroatoms. The van der Waals surface area contributed by atoms with Gasteiger partial charge in [0.15, 0.2) is 0 Å². The summed E-state index contributed by atoms with van der Waals surface area (Å²) >= 11 is 0. The van der Waals surface area contributed by atoms with Crippen LogP contribution < -0.4 is 11.1 Å². The first-order chi connectivity index (χ1) is 13.3. The van der Waals surface area contributed by atoms with Crippen molar-refractivity contribution >= 4 is 5.91 Å². The van der Waals surface area contributed by atoms with Crippen LogP contribution in [0, 0.1) is 0 Å². The van der Waals surface area contributed by atoms with E-state index in [-0.39, 0.29) is 11.9 Å². The van der Waals surface area contributed by atoms with Gasteiger partial charge in [-0.3, -0.25) is 4.79 Å². The Bertz CT molecular complexity index is 582. The first-order valence-corrected chi connectivity index (χ1v) is 10.4. The maximum Gasteiger partial charge on any atom is 0.220 e. The lowest BCUT2D eigenvalue weighted by atomic mass is 9.99. The molecule has 0 fully saturated rings. The third-order valence-corrected chi connectivity index (χ3v) is 4.99. The lowest BCUT2D eigenvalue weighted by molar-refractivity contribution is -0.368. The molecule has 0 spiro atoms. The Kier molecular flexibility index (Phi) is 10.3. The average molecular weight is 368 g/mol. The lowest BCUT2D eigenvalue weighted by Gasteiger charge is -2.19. The Labute approximate surface area is 164 Å². The van der Waals surface area contributed by atoms with Crippen LogP contribution >= 0.6 is 0 Å². The first-order valence-electron chi connectivity index (χ1n) is 10.4. The summed E-state index contributed by atoms with van der Waals surface area (Å²) in [4.78, 5) is 12.3. The van der Waals surface area contributed by atoms with Crippen molar-refractivity contribution in [1.29, 1.82) is 0 Å². The Morgan fingerprint density at radius 3 is 1.78 bits per heavy atom. The van der Waals surface area contributed by atoms with Crippen LogP contribution in [0.25, 0.3) is 0 Å².